The Bertz CT molecular complexity index is 1210. The molecule has 0 radical (unpaired) electrons. The van der Waals surface area contributed by atoms with E-state index in [2.05, 4.69) is 48.5 Å². The van der Waals surface area contributed by atoms with E-state index in [0.717, 1.165) is 24.8 Å². The molecule has 0 bridgehead atoms. The second kappa shape index (κ2) is 9.67. The number of nitrogens with one attached hydrogen (secondary N) is 2. The second-order valence-electron chi connectivity index (χ2n) is 9.83. The Morgan fingerprint density at radius 2 is 1.79 bits per heavy atom. The number of hydrogen-bond acceptors (Lipinski definition) is 4. The Morgan fingerprint density at radius 3 is 2.56 bits per heavy atom. The highest BCUT2D eigenvalue weighted by molar-refractivity contribution is 5.94. The molecule has 1 aliphatic carbocycles. The monoisotopic (exact) mass is 457 g/mol. The zero-order valence-corrected chi connectivity index (χ0v) is 20.1. The van der Waals surface area contributed by atoms with Gasteiger partial charge in [-0.1, -0.05) is 39.0 Å². The van der Waals surface area contributed by atoms with Gasteiger partial charge < -0.3 is 15.4 Å². The van der Waals surface area contributed by atoms with Gasteiger partial charge in [0, 0.05) is 30.8 Å². The van der Waals surface area contributed by atoms with Crippen molar-refractivity contribution in [2.24, 2.45) is 0 Å². The van der Waals surface area contributed by atoms with Crippen molar-refractivity contribution >= 4 is 17.6 Å². The second-order valence-corrected chi connectivity index (χ2v) is 9.83. The van der Waals surface area contributed by atoms with Gasteiger partial charge in [0.1, 0.15) is 17.3 Å². The molecule has 34 heavy (non-hydrogen) atoms. The van der Waals surface area contributed by atoms with E-state index in [0.29, 0.717) is 22.9 Å². The Morgan fingerprint density at radius 1 is 1.00 bits per heavy atom. The van der Waals surface area contributed by atoms with Crippen molar-refractivity contribution in [3.05, 3.63) is 83.0 Å². The van der Waals surface area contributed by atoms with Crippen LogP contribution in [0.4, 0.5) is 5.82 Å². The fourth-order valence-electron chi connectivity index (χ4n) is 4.18. The number of nitrogens with zero attached hydrogens (tertiary/aromatic N) is 1. The van der Waals surface area contributed by atoms with Crippen LogP contribution in [0, 0.1) is 0 Å². The van der Waals surface area contributed by atoms with Gasteiger partial charge in [-0.3, -0.25) is 9.59 Å². The number of pyridine rings is 1. The number of rotatable bonds is 5. The topological polar surface area (TPSA) is 80.3 Å². The number of carbonyl (C=O) groups is 2. The van der Waals surface area contributed by atoms with Crippen LogP contribution in [0.25, 0.3) is 0 Å². The predicted octanol–water partition coefficient (Wildman–Crippen LogP) is 5.42. The molecule has 176 valence electrons. The zero-order chi connectivity index (χ0) is 24.3. The van der Waals surface area contributed by atoms with Crippen LogP contribution in [0.2, 0.25) is 0 Å². The van der Waals surface area contributed by atoms with Gasteiger partial charge in [-0.15, -0.1) is 0 Å². The maximum absolute atomic E-state index is 12.9. The third-order valence-corrected chi connectivity index (χ3v) is 6.00. The lowest BCUT2D eigenvalue weighted by Gasteiger charge is -2.26. The fourth-order valence-corrected chi connectivity index (χ4v) is 4.18. The Balaban J connectivity index is 1.44. The summed E-state index contributed by atoms with van der Waals surface area (Å²) in [4.78, 5) is 28.3. The first kappa shape index (κ1) is 23.5. The van der Waals surface area contributed by atoms with Gasteiger partial charge in [-0.05, 0) is 71.7 Å². The molecule has 0 aliphatic heterocycles. The molecule has 6 heteroatoms. The number of aromatic nitrogens is 1. The highest BCUT2D eigenvalue weighted by Gasteiger charge is 2.22. The summed E-state index contributed by atoms with van der Waals surface area (Å²) in [6, 6.07) is 17.5. The van der Waals surface area contributed by atoms with Crippen LogP contribution < -0.4 is 15.4 Å². The molecule has 1 heterocycles. The summed E-state index contributed by atoms with van der Waals surface area (Å²) in [5, 5.41) is 5.88. The molecule has 1 aliphatic rings. The normalized spacial score (nSPS) is 15.2. The summed E-state index contributed by atoms with van der Waals surface area (Å²) in [7, 11) is 0. The number of benzene rings is 2. The lowest BCUT2D eigenvalue weighted by atomic mass is 9.86. The molecular formula is C28H31N3O3. The van der Waals surface area contributed by atoms with E-state index in [1.807, 2.05) is 30.3 Å². The van der Waals surface area contributed by atoms with Gasteiger partial charge in [0.05, 0.1) is 0 Å². The average Bonchev–Trinajstić information content (AvgIpc) is 2.78. The maximum atomic E-state index is 12.9. The lowest BCUT2D eigenvalue weighted by Crippen LogP contribution is -2.39. The van der Waals surface area contributed by atoms with Gasteiger partial charge in [-0.25, -0.2) is 4.98 Å². The van der Waals surface area contributed by atoms with E-state index < -0.39 is 0 Å². The van der Waals surface area contributed by atoms with Gasteiger partial charge in [0.25, 0.3) is 5.91 Å². The van der Waals surface area contributed by atoms with Crippen LogP contribution in [0.5, 0.6) is 11.5 Å². The molecule has 2 amide bonds. The van der Waals surface area contributed by atoms with E-state index in [1.165, 1.54) is 18.1 Å². The molecular weight excluding hydrogens is 426 g/mol. The Labute approximate surface area is 200 Å². The van der Waals surface area contributed by atoms with Crippen molar-refractivity contribution in [2.75, 3.05) is 5.32 Å². The third-order valence-electron chi connectivity index (χ3n) is 6.00. The standard InChI is InChI=1S/C28H31N3O3/c1-18(32)30-26-17-25(12-13-29-26)34-24-11-9-19-8-10-23(15-21(19)16-24)31-27(33)20-6-5-7-22(14-20)28(2,3)4/h5-7,9,11-14,16-17,23H,8,10,15H2,1-4H3,(H,31,33)(H,29,30,32). The quantitative estimate of drug-likeness (QED) is 0.536. The number of ether oxygens (including phenoxy) is 1. The number of amides is 2. The SMILES string of the molecule is CC(=O)Nc1cc(Oc2ccc3c(c2)CC(NC(=O)c2cccc(C(C)(C)C)c2)CC3)ccn1. The van der Waals surface area contributed by atoms with E-state index in [1.54, 1.807) is 18.3 Å². The van der Waals surface area contributed by atoms with Crippen molar-refractivity contribution in [2.45, 2.75) is 58.4 Å². The summed E-state index contributed by atoms with van der Waals surface area (Å²) in [6.07, 6.45) is 4.16. The molecule has 1 atom stereocenters. The first-order chi connectivity index (χ1) is 16.2. The van der Waals surface area contributed by atoms with E-state index in [-0.39, 0.29) is 23.3 Å². The van der Waals surface area contributed by atoms with Gasteiger partial charge in [-0.2, -0.15) is 0 Å². The minimum Gasteiger partial charge on any atom is -0.457 e. The molecule has 6 nitrogen and oxygen atoms in total. The van der Waals surface area contributed by atoms with Crippen LogP contribution >= 0.6 is 0 Å². The Kier molecular flexibility index (Phi) is 6.68. The summed E-state index contributed by atoms with van der Waals surface area (Å²) in [5.74, 6) is 1.54. The van der Waals surface area contributed by atoms with Crippen molar-refractivity contribution < 1.29 is 14.3 Å². The van der Waals surface area contributed by atoms with E-state index in [9.17, 15) is 9.59 Å². The minimum atomic E-state index is -0.184. The summed E-state index contributed by atoms with van der Waals surface area (Å²) < 4.78 is 6.02. The molecule has 4 rings (SSSR count). The zero-order valence-electron chi connectivity index (χ0n) is 20.1. The molecule has 0 fully saturated rings. The van der Waals surface area contributed by atoms with E-state index >= 15 is 0 Å². The molecule has 1 aromatic heterocycles. The number of hydrogen-bond donors (Lipinski definition) is 2. The van der Waals surface area contributed by atoms with Crippen LogP contribution in [0.1, 0.15) is 61.2 Å². The highest BCUT2D eigenvalue weighted by atomic mass is 16.5. The molecule has 3 aromatic rings. The summed E-state index contributed by atoms with van der Waals surface area (Å²) in [5.41, 5.74) is 4.29. The smallest absolute Gasteiger partial charge is 0.251 e. The number of anilines is 1. The molecule has 2 aromatic carbocycles. The largest absolute Gasteiger partial charge is 0.457 e. The lowest BCUT2D eigenvalue weighted by molar-refractivity contribution is -0.114. The van der Waals surface area contributed by atoms with Crippen molar-refractivity contribution in [3.63, 3.8) is 0 Å². The van der Waals surface area contributed by atoms with Crippen LogP contribution in [0.3, 0.4) is 0 Å². The van der Waals surface area contributed by atoms with Crippen molar-refractivity contribution in [1.29, 1.82) is 0 Å². The van der Waals surface area contributed by atoms with Crippen LogP contribution in [-0.4, -0.2) is 22.8 Å². The molecule has 1 unspecified atom stereocenters. The number of carbonyl (C=O) groups excluding carboxylic acids is 2. The Hall–Kier alpha value is -3.67. The highest BCUT2D eigenvalue weighted by Crippen LogP contribution is 2.29. The molecule has 0 spiro atoms. The number of aryl methyl sites for hydroxylation is 1. The molecule has 2 N–H and O–H groups in total. The van der Waals surface area contributed by atoms with Crippen molar-refractivity contribution in [3.8, 4) is 11.5 Å². The van der Waals surface area contributed by atoms with Gasteiger partial charge >= 0.3 is 0 Å². The van der Waals surface area contributed by atoms with Crippen molar-refractivity contribution in [1.82, 2.24) is 10.3 Å². The average molecular weight is 458 g/mol. The number of fused-ring (bicyclic) bond motifs is 1. The minimum absolute atomic E-state index is 0.00577. The van der Waals surface area contributed by atoms with Gasteiger partial charge in [0.2, 0.25) is 5.91 Å². The molecule has 0 saturated heterocycles. The maximum Gasteiger partial charge on any atom is 0.251 e. The first-order valence-electron chi connectivity index (χ1n) is 11.6. The molecule has 0 saturated carbocycles. The third kappa shape index (κ3) is 5.81. The van der Waals surface area contributed by atoms with Gasteiger partial charge in [0.15, 0.2) is 0 Å². The summed E-state index contributed by atoms with van der Waals surface area (Å²) >= 11 is 0. The summed E-state index contributed by atoms with van der Waals surface area (Å²) in [6.45, 7) is 7.88. The first-order valence-corrected chi connectivity index (χ1v) is 11.6. The predicted molar refractivity (Wildman–Crippen MR) is 133 cm³/mol. The fraction of sp³-hybridized carbons (Fsp3) is 0.321. The van der Waals surface area contributed by atoms with Crippen LogP contribution in [-0.2, 0) is 23.1 Å². The van der Waals surface area contributed by atoms with Crippen LogP contribution in [0.15, 0.2) is 60.8 Å². The van der Waals surface area contributed by atoms with E-state index in [4.69, 9.17) is 4.74 Å².